The standard InChI is InChI=1S/C48H92N4O4/c1-7-11-15-19-21-25-33-45(31-23-17-13-9-3)47(53)55-39-29-27-35-51(42-44-41-49-52(43-44)38-37-50(5)6)36-28-30-40-56-48(54)46(32-24-18-14-10-4)34-26-22-20-16-12-8-2/h41,43,45-46H,7-40,42H2,1-6H3. The lowest BCUT2D eigenvalue weighted by atomic mass is 9.94. The van der Waals surface area contributed by atoms with Gasteiger partial charge in [-0.1, -0.05) is 156 Å². The topological polar surface area (TPSA) is 76.9 Å². The lowest BCUT2D eigenvalue weighted by Gasteiger charge is -2.22. The molecule has 1 heterocycles. The van der Waals surface area contributed by atoms with Crippen molar-refractivity contribution in [2.45, 2.75) is 221 Å². The predicted molar refractivity (Wildman–Crippen MR) is 237 cm³/mol. The number of hydrogen-bond acceptors (Lipinski definition) is 7. The number of carbonyl (C=O) groups is 2. The summed E-state index contributed by atoms with van der Waals surface area (Å²) in [6, 6.07) is 0. The van der Waals surface area contributed by atoms with Crippen LogP contribution in [0.3, 0.4) is 0 Å². The van der Waals surface area contributed by atoms with Gasteiger partial charge in [-0.05, 0) is 78.6 Å². The molecule has 1 aromatic rings. The molecule has 1 rings (SSSR count). The van der Waals surface area contributed by atoms with Gasteiger partial charge in [-0.3, -0.25) is 19.2 Å². The molecule has 328 valence electrons. The van der Waals surface area contributed by atoms with Crippen molar-refractivity contribution < 1.29 is 19.1 Å². The summed E-state index contributed by atoms with van der Waals surface area (Å²) >= 11 is 0. The van der Waals surface area contributed by atoms with Gasteiger partial charge in [-0.15, -0.1) is 0 Å². The molecule has 0 amide bonds. The molecule has 1 aromatic heterocycles. The number of esters is 2. The number of ether oxygens (including phenoxy) is 2. The zero-order chi connectivity index (χ0) is 40.9. The fourth-order valence-electron chi connectivity index (χ4n) is 7.63. The van der Waals surface area contributed by atoms with Gasteiger partial charge in [-0.2, -0.15) is 5.10 Å². The second-order valence-electron chi connectivity index (χ2n) is 17.1. The Morgan fingerprint density at radius 3 is 1.36 bits per heavy atom. The van der Waals surface area contributed by atoms with Gasteiger partial charge in [0.2, 0.25) is 0 Å². The average Bonchev–Trinajstić information content (AvgIpc) is 3.64. The van der Waals surface area contributed by atoms with Crippen molar-refractivity contribution in [2.75, 3.05) is 46.9 Å². The van der Waals surface area contributed by atoms with Crippen LogP contribution in [0, 0.1) is 11.8 Å². The molecular formula is C48H92N4O4. The third-order valence-electron chi connectivity index (χ3n) is 11.4. The molecule has 2 unspecified atom stereocenters. The lowest BCUT2D eigenvalue weighted by molar-refractivity contribution is -0.150. The van der Waals surface area contributed by atoms with Crippen LogP contribution >= 0.6 is 0 Å². The molecular weight excluding hydrogens is 697 g/mol. The van der Waals surface area contributed by atoms with Crippen LogP contribution in [0.15, 0.2) is 12.4 Å². The highest BCUT2D eigenvalue weighted by Gasteiger charge is 2.21. The lowest BCUT2D eigenvalue weighted by Crippen LogP contribution is -2.26. The van der Waals surface area contributed by atoms with E-state index in [1.165, 1.54) is 108 Å². The molecule has 56 heavy (non-hydrogen) atoms. The second kappa shape index (κ2) is 37.3. The van der Waals surface area contributed by atoms with Gasteiger partial charge in [0.05, 0.1) is 37.8 Å². The summed E-state index contributed by atoms with van der Waals surface area (Å²) in [6.07, 6.45) is 36.4. The van der Waals surface area contributed by atoms with Crippen molar-refractivity contribution in [2.24, 2.45) is 11.8 Å². The largest absolute Gasteiger partial charge is 0.465 e. The molecule has 0 aliphatic carbocycles. The minimum Gasteiger partial charge on any atom is -0.465 e. The first-order chi connectivity index (χ1) is 27.3. The van der Waals surface area contributed by atoms with Gasteiger partial charge in [0.15, 0.2) is 0 Å². The van der Waals surface area contributed by atoms with E-state index in [2.05, 4.69) is 62.9 Å². The van der Waals surface area contributed by atoms with E-state index in [0.29, 0.717) is 13.2 Å². The first-order valence-electron chi connectivity index (χ1n) is 24.1. The van der Waals surface area contributed by atoms with E-state index in [0.717, 1.165) is 110 Å². The normalized spacial score (nSPS) is 12.8. The zero-order valence-electron chi connectivity index (χ0n) is 38.0. The zero-order valence-corrected chi connectivity index (χ0v) is 38.0. The Balaban J connectivity index is 2.65. The van der Waals surface area contributed by atoms with Gasteiger partial charge < -0.3 is 14.4 Å². The Kier molecular flexibility index (Phi) is 34.7. The maximum Gasteiger partial charge on any atom is 0.308 e. The van der Waals surface area contributed by atoms with Crippen LogP contribution in [0.4, 0.5) is 0 Å². The number of carbonyl (C=O) groups excluding carboxylic acids is 2. The van der Waals surface area contributed by atoms with Crippen LogP contribution in [0.25, 0.3) is 0 Å². The summed E-state index contributed by atoms with van der Waals surface area (Å²) in [5.41, 5.74) is 1.22. The number of aromatic nitrogens is 2. The maximum atomic E-state index is 13.2. The maximum absolute atomic E-state index is 13.2. The molecule has 0 fully saturated rings. The fourth-order valence-corrected chi connectivity index (χ4v) is 7.63. The molecule has 8 heteroatoms. The minimum atomic E-state index is 0.0294. The second-order valence-corrected chi connectivity index (χ2v) is 17.1. The van der Waals surface area contributed by atoms with E-state index in [4.69, 9.17) is 9.47 Å². The highest BCUT2D eigenvalue weighted by atomic mass is 16.5. The van der Waals surface area contributed by atoms with Crippen molar-refractivity contribution in [3.05, 3.63) is 18.0 Å². The van der Waals surface area contributed by atoms with Gasteiger partial charge in [-0.25, -0.2) is 0 Å². The summed E-state index contributed by atoms with van der Waals surface area (Å²) in [4.78, 5) is 31.1. The molecule has 0 saturated carbocycles. The summed E-state index contributed by atoms with van der Waals surface area (Å²) in [5, 5.41) is 4.62. The van der Waals surface area contributed by atoms with Gasteiger partial charge >= 0.3 is 11.9 Å². The summed E-state index contributed by atoms with van der Waals surface area (Å²) in [6.45, 7) is 14.6. The molecule has 0 radical (unpaired) electrons. The first kappa shape index (κ1) is 52.1. The highest BCUT2D eigenvalue weighted by molar-refractivity contribution is 5.72. The third-order valence-corrected chi connectivity index (χ3v) is 11.4. The number of likely N-dealkylation sites (N-methyl/N-ethyl adjacent to an activating group) is 1. The molecule has 0 spiro atoms. The van der Waals surface area contributed by atoms with Gasteiger partial charge in [0.25, 0.3) is 0 Å². The monoisotopic (exact) mass is 789 g/mol. The first-order valence-corrected chi connectivity index (χ1v) is 24.1. The fraction of sp³-hybridized carbons (Fsp3) is 0.896. The molecule has 0 bridgehead atoms. The molecule has 2 atom stereocenters. The summed E-state index contributed by atoms with van der Waals surface area (Å²) in [7, 11) is 4.18. The molecule has 8 nitrogen and oxygen atoms in total. The van der Waals surface area contributed by atoms with E-state index in [1.54, 1.807) is 0 Å². The number of nitrogens with zero attached hydrogens (tertiary/aromatic N) is 4. The van der Waals surface area contributed by atoms with Crippen LogP contribution in [0.1, 0.15) is 213 Å². The van der Waals surface area contributed by atoms with E-state index in [9.17, 15) is 9.59 Å². The number of rotatable bonds is 41. The minimum absolute atomic E-state index is 0.0294. The Labute approximate surface area is 347 Å². The molecule has 0 aliphatic rings. The molecule has 0 saturated heterocycles. The van der Waals surface area contributed by atoms with Crippen molar-refractivity contribution in [3.8, 4) is 0 Å². The van der Waals surface area contributed by atoms with Crippen molar-refractivity contribution >= 4 is 11.9 Å². The van der Waals surface area contributed by atoms with Crippen LogP contribution in [0.5, 0.6) is 0 Å². The van der Waals surface area contributed by atoms with Gasteiger partial charge in [0.1, 0.15) is 0 Å². The summed E-state index contributed by atoms with van der Waals surface area (Å²) in [5.74, 6) is 0.169. The van der Waals surface area contributed by atoms with Crippen LogP contribution in [-0.4, -0.2) is 78.5 Å². The predicted octanol–water partition coefficient (Wildman–Crippen LogP) is 12.6. The molecule has 0 aromatic carbocycles. The van der Waals surface area contributed by atoms with E-state index >= 15 is 0 Å². The third kappa shape index (κ3) is 29.3. The van der Waals surface area contributed by atoms with Crippen LogP contribution in [0.2, 0.25) is 0 Å². The van der Waals surface area contributed by atoms with Crippen molar-refractivity contribution in [1.29, 1.82) is 0 Å². The smallest absolute Gasteiger partial charge is 0.308 e. The summed E-state index contributed by atoms with van der Waals surface area (Å²) < 4.78 is 13.9. The van der Waals surface area contributed by atoms with Crippen LogP contribution in [-0.2, 0) is 32.2 Å². The van der Waals surface area contributed by atoms with E-state index in [1.807, 2.05) is 10.9 Å². The Bertz CT molecular complexity index is 977. The average molecular weight is 789 g/mol. The SMILES string of the molecule is CCCCCCCCC(CCCCCC)C(=O)OCCCCN(CCCCOC(=O)C(CCCCCC)CCCCCCCC)Cc1cnn(CCN(C)C)c1. The Morgan fingerprint density at radius 1 is 0.554 bits per heavy atom. The Morgan fingerprint density at radius 2 is 0.946 bits per heavy atom. The van der Waals surface area contributed by atoms with E-state index in [-0.39, 0.29) is 23.8 Å². The van der Waals surface area contributed by atoms with Gasteiger partial charge in [0, 0.05) is 24.8 Å². The van der Waals surface area contributed by atoms with E-state index < -0.39 is 0 Å². The highest BCUT2D eigenvalue weighted by Crippen LogP contribution is 2.22. The Hall–Kier alpha value is -1.93. The molecule has 0 aliphatic heterocycles. The van der Waals surface area contributed by atoms with Crippen molar-refractivity contribution in [1.82, 2.24) is 19.6 Å². The number of unbranched alkanes of at least 4 members (excludes halogenated alkanes) is 18. The van der Waals surface area contributed by atoms with Crippen LogP contribution < -0.4 is 0 Å². The number of hydrogen-bond donors (Lipinski definition) is 0. The molecule has 0 N–H and O–H groups in total. The quantitative estimate of drug-likeness (QED) is 0.0483. The van der Waals surface area contributed by atoms with Crippen molar-refractivity contribution in [3.63, 3.8) is 0 Å².